The summed E-state index contributed by atoms with van der Waals surface area (Å²) in [6.07, 6.45) is 20.0. The van der Waals surface area contributed by atoms with E-state index in [4.69, 9.17) is 71.1 Å². The molecule has 0 bridgehead atoms. The molecule has 9 fully saturated rings. The highest BCUT2D eigenvalue weighted by Gasteiger charge is 2.54. The van der Waals surface area contributed by atoms with E-state index in [1.165, 1.54) is 25.3 Å². The molecule has 40 heteroatoms. The Morgan fingerprint density at radius 2 is 0.706 bits per heavy atom. The van der Waals surface area contributed by atoms with E-state index in [-0.39, 0.29) is 151 Å². The molecule has 4 aromatic heterocycles. The number of amides is 12. The van der Waals surface area contributed by atoms with Crippen molar-refractivity contribution in [3.05, 3.63) is 188 Å². The van der Waals surface area contributed by atoms with Crippen molar-refractivity contribution in [2.75, 3.05) is 113 Å². The molecule has 9 aliphatic rings. The Bertz CT molecular complexity index is 5500. The Balaban J connectivity index is 0.000000145. The number of benzene rings is 4. The number of nitrogens with one attached hydrogen (secondary N) is 9. The van der Waals surface area contributed by atoms with E-state index in [0.29, 0.717) is 182 Å². The van der Waals surface area contributed by atoms with Crippen LogP contribution < -0.4 is 57.2 Å². The van der Waals surface area contributed by atoms with Crippen LogP contribution in [0, 0.1) is 21.7 Å². The van der Waals surface area contributed by atoms with Crippen LogP contribution in [0.15, 0.2) is 122 Å². The van der Waals surface area contributed by atoms with E-state index < -0.39 is 29.0 Å². The Morgan fingerprint density at radius 3 is 1.01 bits per heavy atom. The maximum Gasteiger partial charge on any atom is 0.275 e. The first-order chi connectivity index (χ1) is 65.4. The van der Waals surface area contributed by atoms with Gasteiger partial charge in [-0.3, -0.25) is 57.5 Å². The number of imidazole rings is 4. The lowest BCUT2D eigenvalue weighted by molar-refractivity contribution is -0.128. The quantitative estimate of drug-likeness (QED) is 0.0254. The van der Waals surface area contributed by atoms with Crippen LogP contribution in [0.1, 0.15) is 239 Å². The summed E-state index contributed by atoms with van der Waals surface area (Å²) in [4.78, 5) is 188. The van der Waals surface area contributed by atoms with E-state index in [9.17, 15) is 57.5 Å². The number of nitrogens with zero attached hydrogens (tertiary/aromatic N) is 10. The third-order valence-corrected chi connectivity index (χ3v) is 28.8. The average molecular weight is 1950 g/mol. The fourth-order valence-electron chi connectivity index (χ4n) is 20.5. The molecule has 5 saturated heterocycles. The number of morpholine rings is 1. The molecule has 11 N–H and O–H groups in total. The van der Waals surface area contributed by atoms with Gasteiger partial charge >= 0.3 is 0 Å². The normalized spacial score (nSPS) is 23.7. The van der Waals surface area contributed by atoms with Gasteiger partial charge in [0.05, 0.1) is 80.0 Å². The topological polar surface area (TPSA) is 460 Å². The molecule has 8 aromatic rings. The fraction of sp³-hybridized carbons (Fsp3) is 0.500. The van der Waals surface area contributed by atoms with Crippen LogP contribution in [-0.2, 0) is 38.1 Å². The number of ether oxygens (including phenoxy) is 4. The van der Waals surface area contributed by atoms with Gasteiger partial charge in [0, 0.05) is 146 Å². The van der Waals surface area contributed by atoms with E-state index in [0.717, 1.165) is 61.3 Å². The molecular formula is C96H118Cl4N20O16. The number of primary amides is 1. The SMILES string of the molecule is COCC(C)NC(=O)c1ncn(C2CCC3(CC2)CCN(c2cccc(Cl)c2)C3=O)c1C(N)=O.COC[C@@H](C)NC(=O)c1nc[nH]c1C(=O)NC1CCC2(CC1)CCN(c1cccc(Cl)c1)C2=O.COC[C@H](C)NC(=O)c1nc[nH]c1C(=O)NC1CCC2(CC1)CCN(c1cccc(Cl)c1)C2=O.O=C(NC1CCC2(CC1)CCN(c1cccc(Cl)c1)C2=O)c1[nH]cnc1C(=O)N1CCOCC1. The van der Waals surface area contributed by atoms with Crippen molar-refractivity contribution in [2.24, 2.45) is 27.4 Å². The largest absolute Gasteiger partial charge is 0.383 e. The van der Waals surface area contributed by atoms with Gasteiger partial charge in [0.2, 0.25) is 23.6 Å². The van der Waals surface area contributed by atoms with Crippen molar-refractivity contribution in [3.63, 3.8) is 0 Å². The smallest absolute Gasteiger partial charge is 0.275 e. The number of aromatic amines is 3. The second-order valence-corrected chi connectivity index (χ2v) is 38.6. The van der Waals surface area contributed by atoms with Gasteiger partial charge in [-0.2, -0.15) is 0 Å². The first-order valence-corrected chi connectivity index (χ1v) is 47.9. The van der Waals surface area contributed by atoms with E-state index in [1.807, 2.05) is 106 Å². The molecule has 1 unspecified atom stereocenters. The molecule has 726 valence electrons. The summed E-state index contributed by atoms with van der Waals surface area (Å²) in [5, 5.41) is 19.8. The number of carbonyl (C=O) groups is 12. The summed E-state index contributed by atoms with van der Waals surface area (Å²) in [6, 6.07) is 28.6. The molecule has 9 heterocycles. The van der Waals surface area contributed by atoms with Gasteiger partial charge in [-0.15, -0.1) is 0 Å². The molecule has 3 atom stereocenters. The Labute approximate surface area is 808 Å². The summed E-state index contributed by atoms with van der Waals surface area (Å²) in [7, 11) is 4.65. The van der Waals surface area contributed by atoms with Crippen LogP contribution in [0.4, 0.5) is 22.7 Å². The van der Waals surface area contributed by atoms with Crippen molar-refractivity contribution in [1.29, 1.82) is 0 Å². The average Bonchev–Trinajstić information content (AvgIpc) is 1.75. The van der Waals surface area contributed by atoms with Gasteiger partial charge in [-0.25, -0.2) is 19.9 Å². The maximum atomic E-state index is 13.4. The molecule has 0 radical (unpaired) electrons. The monoisotopic (exact) mass is 1950 g/mol. The molecule has 4 saturated carbocycles. The Morgan fingerprint density at radius 1 is 0.412 bits per heavy atom. The van der Waals surface area contributed by atoms with E-state index in [1.54, 1.807) is 62.0 Å². The number of H-pyrrole nitrogens is 3. The van der Waals surface area contributed by atoms with Crippen LogP contribution >= 0.6 is 46.4 Å². The fourth-order valence-corrected chi connectivity index (χ4v) is 21.2. The van der Waals surface area contributed by atoms with Crippen LogP contribution in [0.2, 0.25) is 20.1 Å². The first-order valence-electron chi connectivity index (χ1n) is 46.3. The lowest BCUT2D eigenvalue weighted by atomic mass is 9.71. The molecule has 4 aromatic carbocycles. The summed E-state index contributed by atoms with van der Waals surface area (Å²) >= 11 is 24.5. The molecular weight excluding hydrogens is 1830 g/mol. The van der Waals surface area contributed by atoms with Gasteiger partial charge in [-0.05, 0) is 222 Å². The number of methoxy groups -OCH3 is 3. The van der Waals surface area contributed by atoms with Gasteiger partial charge in [0.1, 0.15) is 22.8 Å². The lowest BCUT2D eigenvalue weighted by Gasteiger charge is -2.36. The van der Waals surface area contributed by atoms with Crippen LogP contribution in [0.25, 0.3) is 0 Å². The summed E-state index contributed by atoms with van der Waals surface area (Å²) < 4.78 is 22.1. The van der Waals surface area contributed by atoms with Gasteiger partial charge in [0.15, 0.2) is 22.8 Å². The predicted molar refractivity (Wildman–Crippen MR) is 510 cm³/mol. The molecule has 36 nitrogen and oxygen atoms in total. The van der Waals surface area contributed by atoms with Crippen LogP contribution in [-0.4, -0.2) is 245 Å². The number of anilines is 4. The molecule has 4 aliphatic carbocycles. The van der Waals surface area contributed by atoms with Gasteiger partial charge in [-0.1, -0.05) is 70.7 Å². The number of hydrogen-bond donors (Lipinski definition) is 10. The number of carbonyl (C=O) groups excluding carboxylic acids is 12. The zero-order valence-corrected chi connectivity index (χ0v) is 80.1. The zero-order chi connectivity index (χ0) is 96.8. The summed E-state index contributed by atoms with van der Waals surface area (Å²) in [5.74, 6) is -2.85. The number of rotatable bonds is 25. The van der Waals surface area contributed by atoms with Crippen molar-refractivity contribution < 1.29 is 76.5 Å². The summed E-state index contributed by atoms with van der Waals surface area (Å²) in [5.41, 5.74) is 8.18. The molecule has 136 heavy (non-hydrogen) atoms. The van der Waals surface area contributed by atoms with E-state index >= 15 is 0 Å². The summed E-state index contributed by atoms with van der Waals surface area (Å²) in [6.45, 7) is 11.1. The minimum absolute atomic E-state index is 0.0137. The maximum absolute atomic E-state index is 13.4. The van der Waals surface area contributed by atoms with Crippen molar-refractivity contribution in [3.8, 4) is 0 Å². The Kier molecular flexibility index (Phi) is 32.9. The minimum Gasteiger partial charge on any atom is -0.383 e. The molecule has 12 amide bonds. The van der Waals surface area contributed by atoms with Crippen molar-refractivity contribution >= 4 is 140 Å². The van der Waals surface area contributed by atoms with Gasteiger partial charge < -0.3 is 101 Å². The number of aromatic nitrogens is 8. The number of hydrogen-bond acceptors (Lipinski definition) is 20. The zero-order valence-electron chi connectivity index (χ0n) is 77.1. The number of halogens is 4. The third-order valence-electron chi connectivity index (χ3n) is 27.8. The third kappa shape index (κ3) is 22.9. The lowest BCUT2D eigenvalue weighted by Crippen LogP contribution is -2.45. The second kappa shape index (κ2) is 44.7. The highest BCUT2D eigenvalue weighted by Crippen LogP contribution is 2.52. The second-order valence-electron chi connectivity index (χ2n) is 36.8. The van der Waals surface area contributed by atoms with Crippen LogP contribution in [0.3, 0.4) is 0 Å². The van der Waals surface area contributed by atoms with Gasteiger partial charge in [0.25, 0.3) is 47.3 Å². The first kappa shape index (κ1) is 100. The molecule has 17 rings (SSSR count). The van der Waals surface area contributed by atoms with E-state index in [2.05, 4.69) is 66.8 Å². The predicted octanol–water partition coefficient (Wildman–Crippen LogP) is 11.4. The number of nitrogens with two attached hydrogens (primary N) is 1. The minimum atomic E-state index is -0.702. The van der Waals surface area contributed by atoms with Crippen molar-refractivity contribution in [2.45, 2.75) is 191 Å². The van der Waals surface area contributed by atoms with Crippen LogP contribution in [0.5, 0.6) is 0 Å². The Hall–Kier alpha value is -11.6. The van der Waals surface area contributed by atoms with Crippen molar-refractivity contribution in [1.82, 2.24) is 76.3 Å². The highest BCUT2D eigenvalue weighted by molar-refractivity contribution is 6.32. The highest BCUT2D eigenvalue weighted by atomic mass is 35.5. The molecule has 4 spiro atoms. The molecule has 5 aliphatic heterocycles. The standard InChI is InChI=1S/C24H28ClN5O4.3C24H30ClN5O4/c25-16-2-1-3-18(14-16)30-9-8-24(23(30)33)6-4-17(5-7-24)28-21(31)19-20(27-15-26-19)22(32)29-10-12-34-13-11-29;1-15(13-34-2)28-22(32)19-20(21(26)31)30(14-27-19)17-6-8-24(9-7-17)10-11-29(23(24)33)18-5-3-4-16(25)12-18;2*1-15(13-34-2)28-21(31)19-20(27-14-26-19)22(32)29-17-6-8-24(9-7-17)10-11-30(23(24)33)18-5-3-4-16(25)12-18/h1-3,14-15,17H,4-13H2,(H,26,27)(H,28,31);3-5,12,14-15,17H,6-11,13H2,1-2H3,(H2,26,31)(H,28,32);2*3-5,12,14-15,17H,6-11,13H2,1-2H3,(H,26,27)(H,28,31)(H,29,32)/t;;2*15-,17?,24?/m..10/s1.